The van der Waals surface area contributed by atoms with Crippen molar-refractivity contribution in [3.05, 3.63) is 23.9 Å². The van der Waals surface area contributed by atoms with Crippen LogP contribution in [0, 0.1) is 0 Å². The van der Waals surface area contributed by atoms with E-state index in [4.69, 9.17) is 0 Å². The van der Waals surface area contributed by atoms with Crippen LogP contribution in [0.15, 0.2) is 18.3 Å². The Morgan fingerprint density at radius 1 is 1.25 bits per heavy atom. The first-order valence-corrected chi connectivity index (χ1v) is 6.48. The van der Waals surface area contributed by atoms with Crippen LogP contribution in [-0.4, -0.2) is 18.3 Å². The second kappa shape index (κ2) is 4.00. The van der Waals surface area contributed by atoms with Crippen LogP contribution in [-0.2, 0) is 0 Å². The van der Waals surface area contributed by atoms with E-state index in [2.05, 4.69) is 44.3 Å². The highest BCUT2D eigenvalue weighted by Crippen LogP contribution is 2.22. The molecule has 0 fully saturated rings. The molecular formula is C10H16NP. The highest BCUT2D eigenvalue weighted by Gasteiger charge is 2.01. The molecule has 0 unspecified atom stereocenters. The molecule has 0 saturated carbocycles. The van der Waals surface area contributed by atoms with E-state index in [-0.39, 0.29) is 7.92 Å². The van der Waals surface area contributed by atoms with Gasteiger partial charge in [0, 0.05) is 6.20 Å². The van der Waals surface area contributed by atoms with E-state index in [1.807, 2.05) is 6.20 Å². The fraction of sp³-hybridized carbons (Fsp3) is 0.500. The predicted molar refractivity (Wildman–Crippen MR) is 56.7 cm³/mol. The van der Waals surface area contributed by atoms with Crippen molar-refractivity contribution in [1.82, 2.24) is 4.98 Å². The molecule has 0 aliphatic rings. The van der Waals surface area contributed by atoms with Crippen LogP contribution < -0.4 is 5.44 Å². The zero-order chi connectivity index (χ0) is 9.14. The Bertz CT molecular complexity index is 212. The summed E-state index contributed by atoms with van der Waals surface area (Å²) in [4.78, 5) is 4.43. The first-order chi connectivity index (χ1) is 5.61. The van der Waals surface area contributed by atoms with Gasteiger partial charge in [-0.15, -0.1) is 0 Å². The molecule has 1 rings (SSSR count). The van der Waals surface area contributed by atoms with Crippen LogP contribution in [0.1, 0.15) is 25.3 Å². The summed E-state index contributed by atoms with van der Waals surface area (Å²) in [6.07, 6.45) is 2.00. The lowest BCUT2D eigenvalue weighted by Gasteiger charge is -2.07. The van der Waals surface area contributed by atoms with Crippen LogP contribution in [0.2, 0.25) is 0 Å². The summed E-state index contributed by atoms with van der Waals surface area (Å²) in [5.74, 6) is 0.589. The van der Waals surface area contributed by atoms with E-state index < -0.39 is 0 Å². The van der Waals surface area contributed by atoms with Crippen molar-refractivity contribution in [2.75, 3.05) is 13.3 Å². The molecule has 0 atom stereocenters. The zero-order valence-electron chi connectivity index (χ0n) is 8.20. The van der Waals surface area contributed by atoms with Gasteiger partial charge in [0.25, 0.3) is 0 Å². The maximum atomic E-state index is 4.43. The minimum Gasteiger partial charge on any atom is -0.256 e. The molecule has 12 heavy (non-hydrogen) atoms. The number of hydrogen-bond donors (Lipinski definition) is 0. The third-order valence-corrected chi connectivity index (χ3v) is 3.08. The maximum absolute atomic E-state index is 4.43. The van der Waals surface area contributed by atoms with Gasteiger partial charge in [0.05, 0.1) is 5.44 Å². The summed E-state index contributed by atoms with van der Waals surface area (Å²) >= 11 is 0. The molecule has 2 heteroatoms. The minimum atomic E-state index is -0.0383. The Labute approximate surface area is 76.0 Å². The van der Waals surface area contributed by atoms with Gasteiger partial charge in [-0.25, -0.2) is 0 Å². The standard InChI is InChI=1S/C10H16NP/c1-8(2)9-5-6-10(11-7-9)12(3)4/h5-8H,1-4H3. The van der Waals surface area contributed by atoms with Gasteiger partial charge < -0.3 is 0 Å². The summed E-state index contributed by atoms with van der Waals surface area (Å²) in [7, 11) is -0.0383. The second-order valence-corrected chi connectivity index (χ2v) is 5.75. The van der Waals surface area contributed by atoms with Crippen molar-refractivity contribution in [3.8, 4) is 0 Å². The summed E-state index contributed by atoms with van der Waals surface area (Å²) < 4.78 is 0. The average Bonchev–Trinajstić information content (AvgIpc) is 2.04. The van der Waals surface area contributed by atoms with Crippen LogP contribution in [0.3, 0.4) is 0 Å². The SMILES string of the molecule is CC(C)c1ccc(P(C)C)nc1. The van der Waals surface area contributed by atoms with Crippen molar-refractivity contribution in [2.45, 2.75) is 19.8 Å². The maximum Gasteiger partial charge on any atom is 0.0625 e. The molecule has 0 spiro atoms. The second-order valence-electron chi connectivity index (χ2n) is 3.50. The minimum absolute atomic E-state index is 0.0383. The Kier molecular flexibility index (Phi) is 3.22. The quantitative estimate of drug-likeness (QED) is 0.639. The molecule has 1 aromatic heterocycles. The summed E-state index contributed by atoms with van der Waals surface area (Å²) in [6.45, 7) is 8.84. The first kappa shape index (κ1) is 9.67. The smallest absolute Gasteiger partial charge is 0.0625 e. The van der Waals surface area contributed by atoms with Gasteiger partial charge >= 0.3 is 0 Å². The van der Waals surface area contributed by atoms with E-state index in [9.17, 15) is 0 Å². The normalized spacial score (nSPS) is 11.2. The van der Waals surface area contributed by atoms with Crippen LogP contribution >= 0.6 is 7.92 Å². The van der Waals surface area contributed by atoms with Crippen molar-refractivity contribution in [1.29, 1.82) is 0 Å². The molecule has 0 saturated heterocycles. The van der Waals surface area contributed by atoms with E-state index in [1.165, 1.54) is 11.0 Å². The lowest BCUT2D eigenvalue weighted by atomic mass is 10.1. The highest BCUT2D eigenvalue weighted by molar-refractivity contribution is 7.63. The largest absolute Gasteiger partial charge is 0.256 e. The van der Waals surface area contributed by atoms with Gasteiger partial charge in [0.15, 0.2) is 0 Å². The molecule has 0 aliphatic heterocycles. The van der Waals surface area contributed by atoms with Gasteiger partial charge in [0.1, 0.15) is 0 Å². The molecule has 1 nitrogen and oxygen atoms in total. The number of hydrogen-bond acceptors (Lipinski definition) is 1. The average molecular weight is 181 g/mol. The molecule has 0 aliphatic carbocycles. The Morgan fingerprint density at radius 2 is 1.92 bits per heavy atom. The molecule has 0 radical (unpaired) electrons. The van der Waals surface area contributed by atoms with E-state index in [0.717, 1.165) is 0 Å². The molecule has 66 valence electrons. The number of aromatic nitrogens is 1. The molecular weight excluding hydrogens is 165 g/mol. The first-order valence-electron chi connectivity index (χ1n) is 4.24. The van der Waals surface area contributed by atoms with Crippen LogP contribution in [0.4, 0.5) is 0 Å². The van der Waals surface area contributed by atoms with Crippen molar-refractivity contribution in [3.63, 3.8) is 0 Å². The topological polar surface area (TPSA) is 12.9 Å². The molecule has 0 N–H and O–H groups in total. The molecule has 0 aromatic carbocycles. The van der Waals surface area contributed by atoms with Gasteiger partial charge in [0.2, 0.25) is 0 Å². The number of pyridine rings is 1. The summed E-state index contributed by atoms with van der Waals surface area (Å²) in [5.41, 5.74) is 2.57. The van der Waals surface area contributed by atoms with Crippen LogP contribution in [0.5, 0.6) is 0 Å². The van der Waals surface area contributed by atoms with E-state index in [0.29, 0.717) is 5.92 Å². The van der Waals surface area contributed by atoms with Gasteiger partial charge in [-0.1, -0.05) is 27.8 Å². The monoisotopic (exact) mass is 181 g/mol. The summed E-state index contributed by atoms with van der Waals surface area (Å²) in [6, 6.07) is 4.34. The molecule has 1 heterocycles. The fourth-order valence-electron chi connectivity index (χ4n) is 1.00. The third-order valence-electron chi connectivity index (χ3n) is 1.90. The molecule has 0 amide bonds. The molecule has 1 aromatic rings. The van der Waals surface area contributed by atoms with E-state index in [1.54, 1.807) is 0 Å². The van der Waals surface area contributed by atoms with Gasteiger partial charge in [-0.3, -0.25) is 4.98 Å². The number of rotatable bonds is 2. The lowest BCUT2D eigenvalue weighted by Crippen LogP contribution is -2.05. The lowest BCUT2D eigenvalue weighted by molar-refractivity contribution is 0.860. The van der Waals surface area contributed by atoms with Gasteiger partial charge in [-0.2, -0.15) is 0 Å². The Hall–Kier alpha value is -0.420. The number of nitrogens with zero attached hydrogens (tertiary/aromatic N) is 1. The zero-order valence-corrected chi connectivity index (χ0v) is 9.10. The fourth-order valence-corrected chi connectivity index (χ4v) is 1.66. The van der Waals surface area contributed by atoms with Gasteiger partial charge in [-0.05, 0) is 30.9 Å². The highest BCUT2D eigenvalue weighted by atomic mass is 31.1. The van der Waals surface area contributed by atoms with Crippen molar-refractivity contribution < 1.29 is 0 Å². The Morgan fingerprint density at radius 3 is 2.25 bits per heavy atom. The molecule has 0 bridgehead atoms. The predicted octanol–water partition coefficient (Wildman–Crippen LogP) is 2.57. The third kappa shape index (κ3) is 2.28. The van der Waals surface area contributed by atoms with Crippen molar-refractivity contribution >= 4 is 13.4 Å². The van der Waals surface area contributed by atoms with E-state index >= 15 is 0 Å². The van der Waals surface area contributed by atoms with Crippen LogP contribution in [0.25, 0.3) is 0 Å². The Balaban J connectivity index is 2.86. The summed E-state index contributed by atoms with van der Waals surface area (Å²) in [5, 5.41) is 0. The van der Waals surface area contributed by atoms with Crippen molar-refractivity contribution in [2.24, 2.45) is 0 Å².